The van der Waals surface area contributed by atoms with Crippen molar-refractivity contribution in [3.8, 4) is 5.75 Å². The lowest BCUT2D eigenvalue weighted by Crippen LogP contribution is -2.16. The van der Waals surface area contributed by atoms with Gasteiger partial charge in [0.15, 0.2) is 5.76 Å². The SMILES string of the molecule is N/C(=C(\C=NC1CC1)Oc1ccnc(Cl)c1)C1CCCC1. The normalized spacial score (nSPS) is 20.8. The minimum Gasteiger partial charge on any atom is -0.454 e. The second-order valence-electron chi connectivity index (χ2n) is 5.73. The molecule has 0 atom stereocenters. The molecule has 0 saturated heterocycles. The summed E-state index contributed by atoms with van der Waals surface area (Å²) < 4.78 is 5.93. The fourth-order valence-electron chi connectivity index (χ4n) is 2.57. The first-order chi connectivity index (χ1) is 10.2. The number of rotatable bonds is 5. The summed E-state index contributed by atoms with van der Waals surface area (Å²) in [5, 5.41) is 0.408. The van der Waals surface area contributed by atoms with Crippen LogP contribution in [0, 0.1) is 5.92 Å². The van der Waals surface area contributed by atoms with Gasteiger partial charge in [0.1, 0.15) is 10.9 Å². The van der Waals surface area contributed by atoms with Crippen molar-refractivity contribution >= 4 is 17.8 Å². The maximum atomic E-state index is 6.33. The maximum Gasteiger partial charge on any atom is 0.164 e. The molecule has 0 aromatic carbocycles. The molecule has 2 saturated carbocycles. The predicted octanol–water partition coefficient (Wildman–Crippen LogP) is 3.71. The highest BCUT2D eigenvalue weighted by atomic mass is 35.5. The average Bonchev–Trinajstić information content (AvgIpc) is 3.14. The van der Waals surface area contributed by atoms with Gasteiger partial charge in [-0.05, 0) is 31.7 Å². The molecule has 4 nitrogen and oxygen atoms in total. The van der Waals surface area contributed by atoms with Crippen LogP contribution in [-0.4, -0.2) is 17.2 Å². The molecule has 0 aliphatic heterocycles. The third-order valence-corrected chi connectivity index (χ3v) is 4.16. The zero-order valence-corrected chi connectivity index (χ0v) is 12.7. The summed E-state index contributed by atoms with van der Waals surface area (Å²) in [5.41, 5.74) is 7.14. The number of aromatic nitrogens is 1. The van der Waals surface area contributed by atoms with Gasteiger partial charge in [0.2, 0.25) is 0 Å². The van der Waals surface area contributed by atoms with Crippen LogP contribution in [0.25, 0.3) is 0 Å². The molecule has 1 heterocycles. The lowest BCUT2D eigenvalue weighted by atomic mass is 10.0. The molecular weight excluding hydrogens is 286 g/mol. The van der Waals surface area contributed by atoms with E-state index in [1.54, 1.807) is 24.5 Å². The number of nitrogens with two attached hydrogens (primary N) is 1. The van der Waals surface area contributed by atoms with E-state index in [0.717, 1.165) is 31.4 Å². The fourth-order valence-corrected chi connectivity index (χ4v) is 2.73. The van der Waals surface area contributed by atoms with E-state index in [9.17, 15) is 0 Å². The molecule has 0 unspecified atom stereocenters. The monoisotopic (exact) mass is 305 g/mol. The van der Waals surface area contributed by atoms with Crippen molar-refractivity contribution in [3.63, 3.8) is 0 Å². The molecule has 2 fully saturated rings. The Hall–Kier alpha value is -1.55. The van der Waals surface area contributed by atoms with Crippen molar-refractivity contribution < 1.29 is 4.74 Å². The van der Waals surface area contributed by atoms with Gasteiger partial charge in [0, 0.05) is 18.2 Å². The summed E-state index contributed by atoms with van der Waals surface area (Å²) in [4.78, 5) is 8.47. The van der Waals surface area contributed by atoms with E-state index in [0.29, 0.717) is 28.6 Å². The second-order valence-corrected chi connectivity index (χ2v) is 6.11. The Morgan fingerprint density at radius 2 is 2.10 bits per heavy atom. The van der Waals surface area contributed by atoms with E-state index in [1.807, 2.05) is 0 Å². The Kier molecular flexibility index (Phi) is 4.44. The van der Waals surface area contributed by atoms with Crippen LogP contribution in [0.1, 0.15) is 38.5 Å². The summed E-state index contributed by atoms with van der Waals surface area (Å²) >= 11 is 5.90. The first kappa shape index (κ1) is 14.4. The van der Waals surface area contributed by atoms with Crippen LogP contribution in [-0.2, 0) is 0 Å². The smallest absolute Gasteiger partial charge is 0.164 e. The van der Waals surface area contributed by atoms with E-state index < -0.39 is 0 Å². The number of pyridine rings is 1. The highest BCUT2D eigenvalue weighted by Gasteiger charge is 2.23. The zero-order valence-electron chi connectivity index (χ0n) is 12.0. The van der Waals surface area contributed by atoms with E-state index in [4.69, 9.17) is 22.1 Å². The molecule has 2 N–H and O–H groups in total. The number of hydrogen-bond donors (Lipinski definition) is 1. The molecule has 3 rings (SSSR count). The lowest BCUT2D eigenvalue weighted by molar-refractivity contribution is 0.435. The Morgan fingerprint density at radius 1 is 1.33 bits per heavy atom. The highest BCUT2D eigenvalue weighted by molar-refractivity contribution is 6.29. The van der Waals surface area contributed by atoms with Crippen molar-refractivity contribution in [1.29, 1.82) is 0 Å². The number of nitrogens with zero attached hydrogens (tertiary/aromatic N) is 2. The Bertz CT molecular complexity index is 560. The maximum absolute atomic E-state index is 6.33. The molecular formula is C16H20ClN3O. The van der Waals surface area contributed by atoms with Crippen molar-refractivity contribution in [2.75, 3.05) is 0 Å². The molecule has 0 radical (unpaired) electrons. The van der Waals surface area contributed by atoms with Crippen LogP contribution >= 0.6 is 11.6 Å². The summed E-state index contributed by atoms with van der Waals surface area (Å²) in [6.45, 7) is 0. The molecule has 0 bridgehead atoms. The predicted molar refractivity (Wildman–Crippen MR) is 84.6 cm³/mol. The summed E-state index contributed by atoms with van der Waals surface area (Å²) in [5.74, 6) is 1.72. The van der Waals surface area contributed by atoms with Gasteiger partial charge in [0.25, 0.3) is 0 Å². The molecule has 2 aliphatic rings. The molecule has 0 spiro atoms. The minimum atomic E-state index is 0.406. The van der Waals surface area contributed by atoms with Crippen LogP contribution in [0.4, 0.5) is 0 Å². The molecule has 1 aromatic heterocycles. The molecule has 21 heavy (non-hydrogen) atoms. The van der Waals surface area contributed by atoms with E-state index in [2.05, 4.69) is 9.98 Å². The van der Waals surface area contributed by atoms with Gasteiger partial charge in [-0.2, -0.15) is 0 Å². The highest BCUT2D eigenvalue weighted by Crippen LogP contribution is 2.31. The summed E-state index contributed by atoms with van der Waals surface area (Å²) in [6.07, 6.45) is 10.5. The van der Waals surface area contributed by atoms with Gasteiger partial charge < -0.3 is 10.5 Å². The van der Waals surface area contributed by atoms with Gasteiger partial charge in [-0.25, -0.2) is 4.98 Å². The largest absolute Gasteiger partial charge is 0.454 e. The number of allylic oxidation sites excluding steroid dienone is 2. The van der Waals surface area contributed by atoms with E-state index >= 15 is 0 Å². The average molecular weight is 306 g/mol. The Morgan fingerprint density at radius 3 is 2.76 bits per heavy atom. The first-order valence-corrected chi connectivity index (χ1v) is 7.92. The molecule has 0 amide bonds. The van der Waals surface area contributed by atoms with E-state index in [1.165, 1.54) is 12.8 Å². The van der Waals surface area contributed by atoms with Gasteiger partial charge in [-0.3, -0.25) is 4.99 Å². The van der Waals surface area contributed by atoms with Crippen molar-refractivity contribution in [2.24, 2.45) is 16.6 Å². The topological polar surface area (TPSA) is 60.5 Å². The Balaban J connectivity index is 1.82. The number of halogens is 1. The molecule has 5 heteroatoms. The summed E-state index contributed by atoms with van der Waals surface area (Å²) in [7, 11) is 0. The first-order valence-electron chi connectivity index (χ1n) is 7.54. The van der Waals surface area contributed by atoms with Crippen LogP contribution in [0.5, 0.6) is 5.75 Å². The van der Waals surface area contributed by atoms with Gasteiger partial charge in [-0.1, -0.05) is 24.4 Å². The summed E-state index contributed by atoms with van der Waals surface area (Å²) in [6, 6.07) is 3.91. The third kappa shape index (κ3) is 3.97. The van der Waals surface area contributed by atoms with E-state index in [-0.39, 0.29) is 0 Å². The van der Waals surface area contributed by atoms with Crippen molar-refractivity contribution in [3.05, 3.63) is 34.9 Å². The van der Waals surface area contributed by atoms with Crippen LogP contribution in [0.3, 0.4) is 0 Å². The van der Waals surface area contributed by atoms with Gasteiger partial charge >= 0.3 is 0 Å². The van der Waals surface area contributed by atoms with Crippen molar-refractivity contribution in [2.45, 2.75) is 44.6 Å². The number of hydrogen-bond acceptors (Lipinski definition) is 4. The van der Waals surface area contributed by atoms with Gasteiger partial charge in [0.05, 0.1) is 18.0 Å². The third-order valence-electron chi connectivity index (χ3n) is 3.95. The lowest BCUT2D eigenvalue weighted by Gasteiger charge is -2.15. The molecule has 2 aliphatic carbocycles. The number of ether oxygens (including phenoxy) is 1. The van der Waals surface area contributed by atoms with Crippen LogP contribution in [0.2, 0.25) is 5.15 Å². The molecule has 112 valence electrons. The standard InChI is InChI=1S/C16H20ClN3O/c17-15-9-13(7-8-19-15)21-14(10-20-12-5-6-12)16(18)11-3-1-2-4-11/h7-12H,1-6,18H2/b16-14+,20-10?. The number of aliphatic imine (C=N–C) groups is 1. The Labute approximate surface area is 130 Å². The van der Waals surface area contributed by atoms with Crippen LogP contribution < -0.4 is 10.5 Å². The molecule has 1 aromatic rings. The van der Waals surface area contributed by atoms with Gasteiger partial charge in [-0.15, -0.1) is 0 Å². The van der Waals surface area contributed by atoms with Crippen molar-refractivity contribution in [1.82, 2.24) is 4.98 Å². The minimum absolute atomic E-state index is 0.406. The zero-order chi connectivity index (χ0) is 14.7. The van der Waals surface area contributed by atoms with Crippen LogP contribution in [0.15, 0.2) is 34.8 Å². The second kappa shape index (κ2) is 6.48. The fraction of sp³-hybridized carbons (Fsp3) is 0.500. The quantitative estimate of drug-likeness (QED) is 0.512.